The molecule has 0 bridgehead atoms. The Labute approximate surface area is 135 Å². The summed E-state index contributed by atoms with van der Waals surface area (Å²) < 4.78 is 14.8. The SMILES string of the molecule is COc1ccc(CC(N)C(=O)OC(=O)OC2CCNCC2)cc1. The number of rotatable bonds is 5. The van der Waals surface area contributed by atoms with Crippen LogP contribution in [0.25, 0.3) is 0 Å². The van der Waals surface area contributed by atoms with E-state index in [1.54, 1.807) is 31.4 Å². The standard InChI is InChI=1S/C16H22N2O5/c1-21-12-4-2-11(3-5-12)10-14(17)15(19)23-16(20)22-13-6-8-18-9-7-13/h2-5,13-14,18H,6-10,17H2,1H3. The number of benzene rings is 1. The molecule has 0 spiro atoms. The normalized spacial score (nSPS) is 16.4. The van der Waals surface area contributed by atoms with Crippen molar-refractivity contribution < 1.29 is 23.8 Å². The summed E-state index contributed by atoms with van der Waals surface area (Å²) in [4.78, 5) is 23.4. The van der Waals surface area contributed by atoms with E-state index in [1.807, 2.05) is 0 Å². The van der Waals surface area contributed by atoms with E-state index in [-0.39, 0.29) is 12.5 Å². The lowest BCUT2D eigenvalue weighted by Gasteiger charge is -2.22. The molecule has 126 valence electrons. The molecule has 0 aliphatic carbocycles. The summed E-state index contributed by atoms with van der Waals surface area (Å²) in [5, 5.41) is 3.15. The molecule has 7 heteroatoms. The third-order valence-corrected chi connectivity index (χ3v) is 3.65. The summed E-state index contributed by atoms with van der Waals surface area (Å²) in [5.41, 5.74) is 6.63. The van der Waals surface area contributed by atoms with Crippen LogP contribution in [0.1, 0.15) is 18.4 Å². The molecular weight excluding hydrogens is 300 g/mol. The summed E-state index contributed by atoms with van der Waals surface area (Å²) in [6.45, 7) is 1.56. The van der Waals surface area contributed by atoms with E-state index in [0.29, 0.717) is 12.8 Å². The molecule has 0 radical (unpaired) electrons. The third kappa shape index (κ3) is 5.54. The zero-order valence-electron chi connectivity index (χ0n) is 13.1. The molecular formula is C16H22N2O5. The van der Waals surface area contributed by atoms with Crippen molar-refractivity contribution in [1.82, 2.24) is 5.32 Å². The number of carbonyl (C=O) groups excluding carboxylic acids is 2. The Morgan fingerprint density at radius 3 is 2.52 bits per heavy atom. The molecule has 2 rings (SSSR count). The van der Waals surface area contributed by atoms with Gasteiger partial charge in [-0.1, -0.05) is 12.1 Å². The van der Waals surface area contributed by atoms with Gasteiger partial charge in [-0.25, -0.2) is 9.59 Å². The van der Waals surface area contributed by atoms with E-state index in [4.69, 9.17) is 15.2 Å². The number of nitrogens with one attached hydrogen (secondary N) is 1. The minimum absolute atomic E-state index is 0.214. The summed E-state index contributed by atoms with van der Waals surface area (Å²) in [5.74, 6) is -0.0739. The molecule has 23 heavy (non-hydrogen) atoms. The largest absolute Gasteiger partial charge is 0.516 e. The quantitative estimate of drug-likeness (QED) is 0.616. The molecule has 1 saturated heterocycles. The van der Waals surface area contributed by atoms with Gasteiger partial charge in [-0.2, -0.15) is 0 Å². The minimum atomic E-state index is -0.980. The van der Waals surface area contributed by atoms with Gasteiger partial charge in [0.15, 0.2) is 0 Å². The van der Waals surface area contributed by atoms with E-state index in [9.17, 15) is 9.59 Å². The zero-order valence-corrected chi connectivity index (χ0v) is 13.1. The lowest BCUT2D eigenvalue weighted by atomic mass is 10.1. The van der Waals surface area contributed by atoms with E-state index >= 15 is 0 Å². The van der Waals surface area contributed by atoms with E-state index in [1.165, 1.54) is 0 Å². The Bertz CT molecular complexity index is 526. The number of esters is 1. The van der Waals surface area contributed by atoms with E-state index in [0.717, 1.165) is 24.4 Å². The van der Waals surface area contributed by atoms with Gasteiger partial charge in [-0.15, -0.1) is 0 Å². The Morgan fingerprint density at radius 2 is 1.91 bits per heavy atom. The molecule has 1 aromatic rings. The zero-order chi connectivity index (χ0) is 16.7. The van der Waals surface area contributed by atoms with Gasteiger partial charge in [0.1, 0.15) is 17.9 Å². The van der Waals surface area contributed by atoms with Crippen LogP contribution in [0.5, 0.6) is 5.75 Å². The van der Waals surface area contributed by atoms with Crippen LogP contribution in [0.3, 0.4) is 0 Å². The molecule has 1 aliphatic heterocycles. The topological polar surface area (TPSA) is 99.9 Å². The molecule has 1 heterocycles. The Kier molecular flexibility index (Phi) is 6.37. The summed E-state index contributed by atoms with van der Waals surface area (Å²) in [6.07, 6.45) is 0.493. The van der Waals surface area contributed by atoms with Crippen molar-refractivity contribution in [3.63, 3.8) is 0 Å². The van der Waals surface area contributed by atoms with Crippen LogP contribution in [-0.4, -0.2) is 44.5 Å². The molecule has 0 amide bonds. The van der Waals surface area contributed by atoms with Crippen LogP contribution in [0, 0.1) is 0 Å². The average molecular weight is 322 g/mol. The number of carbonyl (C=O) groups is 2. The molecule has 1 atom stereocenters. The minimum Gasteiger partial charge on any atom is -0.497 e. The number of methoxy groups -OCH3 is 1. The van der Waals surface area contributed by atoms with Gasteiger partial charge in [-0.05, 0) is 50.0 Å². The molecule has 1 aliphatic rings. The fourth-order valence-corrected chi connectivity index (χ4v) is 2.33. The number of piperidine rings is 1. The fraction of sp³-hybridized carbons (Fsp3) is 0.500. The molecule has 1 fully saturated rings. The van der Waals surface area contributed by atoms with Gasteiger partial charge < -0.3 is 25.3 Å². The highest BCUT2D eigenvalue weighted by Crippen LogP contribution is 2.13. The predicted molar refractivity (Wildman–Crippen MR) is 83.1 cm³/mol. The van der Waals surface area contributed by atoms with Crippen molar-refractivity contribution in [1.29, 1.82) is 0 Å². The number of ether oxygens (including phenoxy) is 3. The van der Waals surface area contributed by atoms with Gasteiger partial charge in [0.2, 0.25) is 0 Å². The predicted octanol–water partition coefficient (Wildman–Crippen LogP) is 0.997. The molecule has 0 saturated carbocycles. The summed E-state index contributed by atoms with van der Waals surface area (Å²) in [7, 11) is 1.58. The molecule has 1 unspecified atom stereocenters. The smallest absolute Gasteiger partial charge is 0.497 e. The van der Waals surface area contributed by atoms with E-state index in [2.05, 4.69) is 10.1 Å². The van der Waals surface area contributed by atoms with Gasteiger partial charge in [-0.3, -0.25) is 0 Å². The molecule has 1 aromatic carbocycles. The highest BCUT2D eigenvalue weighted by Gasteiger charge is 2.23. The Morgan fingerprint density at radius 1 is 1.26 bits per heavy atom. The van der Waals surface area contributed by atoms with Crippen molar-refractivity contribution in [2.75, 3.05) is 20.2 Å². The first kappa shape index (κ1) is 17.2. The average Bonchev–Trinajstić information content (AvgIpc) is 2.56. The lowest BCUT2D eigenvalue weighted by Crippen LogP contribution is -2.38. The highest BCUT2D eigenvalue weighted by molar-refractivity contribution is 5.85. The second-order valence-corrected chi connectivity index (χ2v) is 5.40. The van der Waals surface area contributed by atoms with Crippen molar-refractivity contribution in [2.45, 2.75) is 31.4 Å². The van der Waals surface area contributed by atoms with E-state index < -0.39 is 18.2 Å². The first-order valence-electron chi connectivity index (χ1n) is 7.60. The lowest BCUT2D eigenvalue weighted by molar-refractivity contribution is -0.142. The van der Waals surface area contributed by atoms with Gasteiger partial charge in [0.25, 0.3) is 0 Å². The van der Waals surface area contributed by atoms with Gasteiger partial charge >= 0.3 is 12.1 Å². The monoisotopic (exact) mass is 322 g/mol. The maximum atomic E-state index is 11.8. The molecule has 0 aromatic heterocycles. The van der Waals surface area contributed by atoms with Gasteiger partial charge in [0.05, 0.1) is 7.11 Å². The Balaban J connectivity index is 1.77. The van der Waals surface area contributed by atoms with Crippen LogP contribution in [0.15, 0.2) is 24.3 Å². The van der Waals surface area contributed by atoms with Crippen LogP contribution >= 0.6 is 0 Å². The summed E-state index contributed by atoms with van der Waals surface area (Å²) >= 11 is 0. The van der Waals surface area contributed by atoms with Crippen LogP contribution in [0.2, 0.25) is 0 Å². The Hall–Kier alpha value is -2.12. The maximum Gasteiger partial charge on any atom is 0.516 e. The highest BCUT2D eigenvalue weighted by atomic mass is 16.7. The van der Waals surface area contributed by atoms with Crippen molar-refractivity contribution in [2.24, 2.45) is 5.73 Å². The fourth-order valence-electron chi connectivity index (χ4n) is 2.33. The number of hydrogen-bond acceptors (Lipinski definition) is 7. The second kappa shape index (κ2) is 8.50. The van der Waals surface area contributed by atoms with Crippen LogP contribution in [0.4, 0.5) is 4.79 Å². The van der Waals surface area contributed by atoms with Gasteiger partial charge in [0, 0.05) is 0 Å². The summed E-state index contributed by atoms with van der Waals surface area (Å²) in [6, 6.07) is 6.24. The number of nitrogens with two attached hydrogens (primary N) is 1. The van der Waals surface area contributed by atoms with Crippen molar-refractivity contribution >= 4 is 12.1 Å². The third-order valence-electron chi connectivity index (χ3n) is 3.65. The van der Waals surface area contributed by atoms with Crippen LogP contribution < -0.4 is 15.8 Å². The second-order valence-electron chi connectivity index (χ2n) is 5.40. The van der Waals surface area contributed by atoms with Crippen molar-refractivity contribution in [3.8, 4) is 5.75 Å². The first-order chi connectivity index (χ1) is 11.1. The molecule has 3 N–H and O–H groups in total. The first-order valence-corrected chi connectivity index (χ1v) is 7.60. The van der Waals surface area contributed by atoms with Crippen molar-refractivity contribution in [3.05, 3.63) is 29.8 Å². The maximum absolute atomic E-state index is 11.8. The molecule has 7 nitrogen and oxygen atoms in total. The van der Waals surface area contributed by atoms with Crippen LogP contribution in [-0.2, 0) is 20.7 Å². The number of hydrogen-bond donors (Lipinski definition) is 2.